The van der Waals surface area contributed by atoms with E-state index in [1.807, 2.05) is 0 Å². The van der Waals surface area contributed by atoms with Gasteiger partial charge in [-0.1, -0.05) is 32.4 Å². The molecule has 1 fully saturated rings. The minimum absolute atomic E-state index is 0.916. The molecule has 1 rings (SSSR count). The Morgan fingerprint density at radius 1 is 1.70 bits per heavy atom. The van der Waals surface area contributed by atoms with Crippen molar-refractivity contribution in [2.75, 3.05) is 0 Å². The fraction of sp³-hybridized carbons (Fsp3) is 0.800. The van der Waals surface area contributed by atoms with Crippen LogP contribution >= 0.6 is 0 Å². The van der Waals surface area contributed by atoms with E-state index in [1.165, 1.54) is 31.3 Å². The molecule has 2 atom stereocenters. The third-order valence-corrected chi connectivity index (χ3v) is 2.87. The second-order valence-electron chi connectivity index (χ2n) is 3.64. The summed E-state index contributed by atoms with van der Waals surface area (Å²) in [4.78, 5) is 0. The average molecular weight is 138 g/mol. The predicted molar refractivity (Wildman–Crippen MR) is 45.9 cm³/mol. The highest BCUT2D eigenvalue weighted by Crippen LogP contribution is 2.35. The third kappa shape index (κ3) is 1.62. The summed E-state index contributed by atoms with van der Waals surface area (Å²) in [6.45, 7) is 8.67. The summed E-state index contributed by atoms with van der Waals surface area (Å²) in [6, 6.07) is 0. The van der Waals surface area contributed by atoms with Crippen LogP contribution in [0.1, 0.15) is 39.5 Å². The van der Waals surface area contributed by atoms with Gasteiger partial charge in [0.25, 0.3) is 0 Å². The summed E-state index contributed by atoms with van der Waals surface area (Å²) < 4.78 is 0. The summed E-state index contributed by atoms with van der Waals surface area (Å²) in [6.07, 6.45) is 5.32. The summed E-state index contributed by atoms with van der Waals surface area (Å²) in [7, 11) is 0. The largest absolute Gasteiger partial charge is 0.0999 e. The Bertz CT molecular complexity index is 124. The highest BCUT2D eigenvalue weighted by molar-refractivity contribution is 5.02. The van der Waals surface area contributed by atoms with Gasteiger partial charge in [-0.25, -0.2) is 0 Å². The minimum Gasteiger partial charge on any atom is -0.0999 e. The molecule has 58 valence electrons. The molecule has 0 saturated heterocycles. The molecule has 0 aromatic heterocycles. The Kier molecular flexibility index (Phi) is 2.53. The zero-order valence-electron chi connectivity index (χ0n) is 7.19. The Labute approximate surface area is 64.3 Å². The first kappa shape index (κ1) is 7.84. The van der Waals surface area contributed by atoms with Gasteiger partial charge in [-0.15, -0.1) is 0 Å². The van der Waals surface area contributed by atoms with Crippen LogP contribution in [0, 0.1) is 11.8 Å². The topological polar surface area (TPSA) is 0 Å². The number of allylic oxidation sites excluding steroid dienone is 1. The van der Waals surface area contributed by atoms with Gasteiger partial charge in [0.2, 0.25) is 0 Å². The van der Waals surface area contributed by atoms with Gasteiger partial charge in [-0.3, -0.25) is 0 Å². The molecule has 1 saturated carbocycles. The van der Waals surface area contributed by atoms with Crippen molar-refractivity contribution in [2.24, 2.45) is 11.8 Å². The third-order valence-electron chi connectivity index (χ3n) is 2.87. The first-order chi connectivity index (χ1) is 4.74. The Balaban J connectivity index is 2.36. The normalized spacial score (nSPS) is 29.0. The maximum absolute atomic E-state index is 4.02. The zero-order chi connectivity index (χ0) is 7.56. The van der Waals surface area contributed by atoms with E-state index in [-0.39, 0.29) is 0 Å². The first-order valence-corrected chi connectivity index (χ1v) is 4.40. The van der Waals surface area contributed by atoms with Crippen LogP contribution < -0.4 is 0 Å². The lowest BCUT2D eigenvalue weighted by atomic mass is 9.90. The molecule has 1 aliphatic carbocycles. The van der Waals surface area contributed by atoms with E-state index in [4.69, 9.17) is 0 Å². The highest BCUT2D eigenvalue weighted by atomic mass is 14.3. The lowest BCUT2D eigenvalue weighted by Crippen LogP contribution is -2.05. The van der Waals surface area contributed by atoms with Crippen molar-refractivity contribution >= 4 is 0 Å². The van der Waals surface area contributed by atoms with Crippen LogP contribution in [0.2, 0.25) is 0 Å². The maximum atomic E-state index is 4.02. The zero-order valence-corrected chi connectivity index (χ0v) is 7.19. The van der Waals surface area contributed by atoms with E-state index < -0.39 is 0 Å². The molecular weight excluding hydrogens is 120 g/mol. The lowest BCUT2D eigenvalue weighted by Gasteiger charge is -2.15. The quantitative estimate of drug-likeness (QED) is 0.513. The van der Waals surface area contributed by atoms with Crippen molar-refractivity contribution in [1.82, 2.24) is 0 Å². The molecule has 0 aromatic carbocycles. The van der Waals surface area contributed by atoms with Crippen LogP contribution in [0.5, 0.6) is 0 Å². The smallest absolute Gasteiger partial charge is 0.0292 e. The van der Waals surface area contributed by atoms with Crippen LogP contribution in [0.4, 0.5) is 0 Å². The monoisotopic (exact) mass is 138 g/mol. The fourth-order valence-corrected chi connectivity index (χ4v) is 1.78. The summed E-state index contributed by atoms with van der Waals surface area (Å²) >= 11 is 0. The minimum atomic E-state index is 0.916. The van der Waals surface area contributed by atoms with Crippen LogP contribution in [0.3, 0.4) is 0 Å². The second kappa shape index (κ2) is 3.23. The van der Waals surface area contributed by atoms with Crippen molar-refractivity contribution < 1.29 is 0 Å². The first-order valence-electron chi connectivity index (χ1n) is 4.40. The fourth-order valence-electron chi connectivity index (χ4n) is 1.78. The van der Waals surface area contributed by atoms with Crippen molar-refractivity contribution in [3.63, 3.8) is 0 Å². The molecule has 0 radical (unpaired) electrons. The Morgan fingerprint density at radius 2 is 2.40 bits per heavy atom. The van der Waals surface area contributed by atoms with Crippen LogP contribution in [-0.2, 0) is 0 Å². The molecule has 0 bridgehead atoms. The molecule has 1 aliphatic rings. The molecule has 0 N–H and O–H groups in total. The van der Waals surface area contributed by atoms with Gasteiger partial charge < -0.3 is 0 Å². The van der Waals surface area contributed by atoms with Crippen LogP contribution in [0.25, 0.3) is 0 Å². The maximum Gasteiger partial charge on any atom is -0.0292 e. The van der Waals surface area contributed by atoms with Crippen LogP contribution in [-0.4, -0.2) is 0 Å². The second-order valence-corrected chi connectivity index (χ2v) is 3.64. The lowest BCUT2D eigenvalue weighted by molar-refractivity contribution is 0.361. The van der Waals surface area contributed by atoms with Gasteiger partial charge in [-0.05, 0) is 31.1 Å². The molecule has 0 heterocycles. The summed E-state index contributed by atoms with van der Waals surface area (Å²) in [5.41, 5.74) is 1.48. The molecule has 0 amide bonds. The van der Waals surface area contributed by atoms with Crippen molar-refractivity contribution in [3.8, 4) is 0 Å². The summed E-state index contributed by atoms with van der Waals surface area (Å²) in [5, 5.41) is 0. The van der Waals surface area contributed by atoms with Gasteiger partial charge in [-0.2, -0.15) is 0 Å². The number of rotatable bonds is 2. The van der Waals surface area contributed by atoms with Crippen LogP contribution in [0.15, 0.2) is 12.2 Å². The standard InChI is InChI=1S/C10H18/c1-4-9(3)10-6-5-8(2)7-10/h9-10H,2,4-7H2,1,3H3. The van der Waals surface area contributed by atoms with E-state index in [2.05, 4.69) is 20.4 Å². The predicted octanol–water partition coefficient (Wildman–Crippen LogP) is 3.39. The molecule has 0 aromatic rings. The Hall–Kier alpha value is -0.260. The molecule has 2 unspecified atom stereocenters. The van der Waals surface area contributed by atoms with E-state index >= 15 is 0 Å². The molecule has 0 spiro atoms. The average Bonchev–Trinajstić information content (AvgIpc) is 2.34. The summed E-state index contributed by atoms with van der Waals surface area (Å²) in [5.74, 6) is 1.87. The highest BCUT2D eigenvalue weighted by Gasteiger charge is 2.21. The SMILES string of the molecule is C=C1CCC(C(C)CC)C1. The number of hydrogen-bond donors (Lipinski definition) is 0. The van der Waals surface area contributed by atoms with E-state index in [1.54, 1.807) is 0 Å². The van der Waals surface area contributed by atoms with Crippen molar-refractivity contribution in [2.45, 2.75) is 39.5 Å². The van der Waals surface area contributed by atoms with Gasteiger partial charge in [0, 0.05) is 0 Å². The van der Waals surface area contributed by atoms with Gasteiger partial charge in [0.05, 0.1) is 0 Å². The Morgan fingerprint density at radius 3 is 2.80 bits per heavy atom. The molecule has 10 heavy (non-hydrogen) atoms. The number of hydrogen-bond acceptors (Lipinski definition) is 0. The van der Waals surface area contributed by atoms with Crippen molar-refractivity contribution in [3.05, 3.63) is 12.2 Å². The molecule has 0 heteroatoms. The molecule has 0 nitrogen and oxygen atoms in total. The van der Waals surface area contributed by atoms with E-state index in [0.29, 0.717) is 0 Å². The molecular formula is C10H18. The molecule has 0 aliphatic heterocycles. The van der Waals surface area contributed by atoms with Gasteiger partial charge in [0.15, 0.2) is 0 Å². The van der Waals surface area contributed by atoms with Crippen molar-refractivity contribution in [1.29, 1.82) is 0 Å². The van der Waals surface area contributed by atoms with Gasteiger partial charge in [0.1, 0.15) is 0 Å². The van der Waals surface area contributed by atoms with E-state index in [9.17, 15) is 0 Å². The van der Waals surface area contributed by atoms with E-state index in [0.717, 1.165) is 11.8 Å². The van der Waals surface area contributed by atoms with Gasteiger partial charge >= 0.3 is 0 Å².